The molecule has 0 aromatic carbocycles. The van der Waals surface area contributed by atoms with Crippen LogP contribution in [0.25, 0.3) is 10.9 Å². The summed E-state index contributed by atoms with van der Waals surface area (Å²) in [4.78, 5) is 23.1. The minimum absolute atomic E-state index is 0.0601. The Bertz CT molecular complexity index is 1310. The van der Waals surface area contributed by atoms with Crippen molar-refractivity contribution in [1.82, 2.24) is 24.8 Å². The standard InChI is InChI=1S/C31H47N7O4S/c1-37(2)21-23-18-33-31(34-19-23)35-24-6-8-25(9-7-24)42-30-27-16-26(41-22-40-14-15-43(3,4)5)20-32-28(27)17-29(36-30)38-10-12-39-13-11-38/h16-20,24-25H,6-15,21-22H2,1-5H3,(H,33,34,35). The number of anilines is 2. The molecule has 4 heterocycles. The first-order valence-electron chi connectivity index (χ1n) is 15.1. The number of aromatic nitrogens is 4. The fraction of sp³-hybridized carbons (Fsp3) is 0.613. The maximum Gasteiger partial charge on any atom is 0.225 e. The molecule has 236 valence electrons. The Balaban J connectivity index is 1.23. The highest BCUT2D eigenvalue weighted by molar-refractivity contribution is 8.32. The summed E-state index contributed by atoms with van der Waals surface area (Å²) in [6.07, 6.45) is 16.2. The summed E-state index contributed by atoms with van der Waals surface area (Å²) in [5.41, 5.74) is 1.94. The molecule has 3 aromatic rings. The number of pyridine rings is 2. The van der Waals surface area contributed by atoms with E-state index in [1.54, 1.807) is 6.20 Å². The highest BCUT2D eigenvalue weighted by atomic mass is 32.3. The van der Waals surface area contributed by atoms with E-state index in [2.05, 4.69) is 43.9 Å². The first kappa shape index (κ1) is 31.5. The molecular formula is C31H47N7O4S. The zero-order valence-electron chi connectivity index (χ0n) is 26.3. The van der Waals surface area contributed by atoms with E-state index in [1.165, 1.54) is 0 Å². The van der Waals surface area contributed by atoms with Gasteiger partial charge in [0.1, 0.15) is 17.7 Å². The molecule has 5 rings (SSSR count). The largest absolute Gasteiger partial charge is 0.474 e. The second-order valence-electron chi connectivity index (χ2n) is 12.5. The number of morpholine rings is 1. The molecule has 3 aromatic heterocycles. The van der Waals surface area contributed by atoms with Gasteiger partial charge in [-0.15, -0.1) is 0 Å². The number of hydrogen-bond acceptors (Lipinski definition) is 11. The van der Waals surface area contributed by atoms with Gasteiger partial charge < -0.3 is 34.1 Å². The van der Waals surface area contributed by atoms with Gasteiger partial charge in [-0.05, 0) is 64.6 Å². The lowest BCUT2D eigenvalue weighted by Gasteiger charge is -2.31. The maximum atomic E-state index is 6.63. The van der Waals surface area contributed by atoms with Gasteiger partial charge in [-0.2, -0.15) is 4.98 Å². The second kappa shape index (κ2) is 14.7. The van der Waals surface area contributed by atoms with Crippen LogP contribution in [0.4, 0.5) is 11.8 Å². The van der Waals surface area contributed by atoms with Crippen LogP contribution < -0.4 is 19.7 Å². The lowest BCUT2D eigenvalue weighted by molar-refractivity contribution is 0.0235. The van der Waals surface area contributed by atoms with Gasteiger partial charge in [0.15, 0.2) is 6.79 Å². The Hall–Kier alpha value is -2.93. The maximum absolute atomic E-state index is 6.63. The van der Waals surface area contributed by atoms with Crippen LogP contribution in [0.1, 0.15) is 31.2 Å². The molecule has 43 heavy (non-hydrogen) atoms. The second-order valence-corrected chi connectivity index (χ2v) is 17.1. The Morgan fingerprint density at radius 3 is 2.44 bits per heavy atom. The molecule has 1 saturated carbocycles. The summed E-state index contributed by atoms with van der Waals surface area (Å²) < 4.78 is 23.8. The zero-order valence-corrected chi connectivity index (χ0v) is 27.1. The van der Waals surface area contributed by atoms with Gasteiger partial charge in [0, 0.05) is 55.5 Å². The van der Waals surface area contributed by atoms with Gasteiger partial charge in [0.25, 0.3) is 0 Å². The third kappa shape index (κ3) is 9.53. The molecule has 1 aliphatic carbocycles. The van der Waals surface area contributed by atoms with E-state index in [0.717, 1.165) is 73.4 Å². The van der Waals surface area contributed by atoms with E-state index in [9.17, 15) is 0 Å². The smallest absolute Gasteiger partial charge is 0.225 e. The van der Waals surface area contributed by atoms with Crippen LogP contribution >= 0.6 is 10.0 Å². The van der Waals surface area contributed by atoms with Gasteiger partial charge in [-0.1, -0.05) is 0 Å². The Labute approximate surface area is 257 Å². The van der Waals surface area contributed by atoms with Crippen molar-refractivity contribution < 1.29 is 18.9 Å². The molecule has 12 heteroatoms. The van der Waals surface area contributed by atoms with Crippen molar-refractivity contribution >= 4 is 32.7 Å². The number of nitrogens with one attached hydrogen (secondary N) is 1. The number of fused-ring (bicyclic) bond motifs is 1. The molecule has 2 fully saturated rings. The van der Waals surface area contributed by atoms with Gasteiger partial charge >= 0.3 is 0 Å². The van der Waals surface area contributed by atoms with E-state index in [1.807, 2.05) is 38.6 Å². The SMILES string of the molecule is CN(C)Cc1cnc(NC2CCC(Oc3nc(N4CCOCC4)cc4ncc(OCOCCS(C)(C)C)cc34)CC2)nc1. The van der Waals surface area contributed by atoms with Gasteiger partial charge in [0.2, 0.25) is 11.8 Å². The molecule has 0 bridgehead atoms. The fourth-order valence-electron chi connectivity index (χ4n) is 5.20. The molecule has 0 spiro atoms. The molecule has 0 amide bonds. The molecule has 2 aliphatic rings. The first-order chi connectivity index (χ1) is 20.7. The Morgan fingerprint density at radius 1 is 1.00 bits per heavy atom. The number of hydrogen-bond donors (Lipinski definition) is 1. The summed E-state index contributed by atoms with van der Waals surface area (Å²) in [7, 11) is 3.48. The highest BCUT2D eigenvalue weighted by Crippen LogP contribution is 2.34. The highest BCUT2D eigenvalue weighted by Gasteiger charge is 2.25. The van der Waals surface area contributed by atoms with Crippen molar-refractivity contribution in [2.75, 3.05) is 88.5 Å². The zero-order chi connectivity index (χ0) is 30.2. The lowest BCUT2D eigenvalue weighted by atomic mass is 9.93. The van der Waals surface area contributed by atoms with Crippen molar-refractivity contribution in [1.29, 1.82) is 0 Å². The van der Waals surface area contributed by atoms with Gasteiger partial charge in [-0.25, -0.2) is 20.0 Å². The monoisotopic (exact) mass is 613 g/mol. The van der Waals surface area contributed by atoms with E-state index in [0.29, 0.717) is 43.4 Å². The molecule has 1 aliphatic heterocycles. The number of ether oxygens (including phenoxy) is 4. The van der Waals surface area contributed by atoms with Gasteiger partial charge in [-0.3, -0.25) is 4.98 Å². The topological polar surface area (TPSA) is 107 Å². The van der Waals surface area contributed by atoms with E-state index >= 15 is 0 Å². The lowest BCUT2D eigenvalue weighted by Crippen LogP contribution is -2.37. The molecule has 0 atom stereocenters. The number of rotatable bonds is 13. The molecule has 1 N–H and O–H groups in total. The summed E-state index contributed by atoms with van der Waals surface area (Å²) in [5, 5.41) is 4.36. The minimum Gasteiger partial charge on any atom is -0.474 e. The third-order valence-corrected chi connectivity index (χ3v) is 8.97. The van der Waals surface area contributed by atoms with Crippen molar-refractivity contribution in [3.63, 3.8) is 0 Å². The number of nitrogens with zero attached hydrogens (tertiary/aromatic N) is 6. The molecule has 0 unspecified atom stereocenters. The predicted molar refractivity (Wildman–Crippen MR) is 174 cm³/mol. The quantitative estimate of drug-likeness (QED) is 0.222. The summed E-state index contributed by atoms with van der Waals surface area (Å²) in [6, 6.07) is 4.31. The van der Waals surface area contributed by atoms with Crippen LogP contribution in [0.3, 0.4) is 0 Å². The molecular weight excluding hydrogens is 566 g/mol. The van der Waals surface area contributed by atoms with Crippen LogP contribution in [0.2, 0.25) is 0 Å². The van der Waals surface area contributed by atoms with Crippen molar-refractivity contribution in [2.45, 2.75) is 44.4 Å². The van der Waals surface area contributed by atoms with Crippen molar-refractivity contribution in [3.8, 4) is 11.6 Å². The fourth-order valence-corrected chi connectivity index (χ4v) is 5.82. The summed E-state index contributed by atoms with van der Waals surface area (Å²) in [6.45, 7) is 4.66. The molecule has 1 saturated heterocycles. The van der Waals surface area contributed by atoms with Gasteiger partial charge in [0.05, 0.1) is 36.9 Å². The van der Waals surface area contributed by atoms with E-state index in [4.69, 9.17) is 28.9 Å². The summed E-state index contributed by atoms with van der Waals surface area (Å²) in [5.74, 6) is 3.84. The summed E-state index contributed by atoms with van der Waals surface area (Å²) >= 11 is 0. The molecule has 11 nitrogen and oxygen atoms in total. The molecule has 0 radical (unpaired) electrons. The first-order valence-corrected chi connectivity index (χ1v) is 18.1. The average Bonchev–Trinajstić information content (AvgIpc) is 2.98. The van der Waals surface area contributed by atoms with Crippen LogP contribution in [-0.4, -0.2) is 115 Å². The van der Waals surface area contributed by atoms with Crippen molar-refractivity contribution in [2.24, 2.45) is 0 Å². The van der Waals surface area contributed by atoms with E-state index in [-0.39, 0.29) is 12.9 Å². The van der Waals surface area contributed by atoms with Crippen LogP contribution in [0.15, 0.2) is 30.7 Å². The van der Waals surface area contributed by atoms with Crippen LogP contribution in [0.5, 0.6) is 11.6 Å². The van der Waals surface area contributed by atoms with Crippen LogP contribution in [-0.2, 0) is 16.0 Å². The van der Waals surface area contributed by atoms with E-state index < -0.39 is 10.0 Å². The average molecular weight is 614 g/mol. The normalized spacial score (nSPS) is 19.9. The Morgan fingerprint density at radius 2 is 1.74 bits per heavy atom. The minimum atomic E-state index is -0.597. The van der Waals surface area contributed by atoms with Crippen LogP contribution in [0, 0.1) is 0 Å². The third-order valence-electron chi connectivity index (χ3n) is 7.58. The predicted octanol–water partition coefficient (Wildman–Crippen LogP) is 4.17. The van der Waals surface area contributed by atoms with Crippen molar-refractivity contribution in [3.05, 3.63) is 36.3 Å². The Kier molecular flexibility index (Phi) is 10.8.